The van der Waals surface area contributed by atoms with Crippen molar-refractivity contribution in [2.24, 2.45) is 0 Å². The van der Waals surface area contributed by atoms with Crippen LogP contribution in [0.1, 0.15) is 42.6 Å². The summed E-state index contributed by atoms with van der Waals surface area (Å²) >= 11 is 0. The molecule has 1 aliphatic carbocycles. The maximum absolute atomic E-state index is 13.5. The van der Waals surface area contributed by atoms with Crippen molar-refractivity contribution in [2.45, 2.75) is 43.2 Å². The lowest BCUT2D eigenvalue weighted by atomic mass is 9.85. The van der Waals surface area contributed by atoms with Gasteiger partial charge in [0.05, 0.1) is 16.6 Å². The van der Waals surface area contributed by atoms with Crippen molar-refractivity contribution < 1.29 is 4.79 Å². The van der Waals surface area contributed by atoms with E-state index in [0.717, 1.165) is 51.1 Å². The fourth-order valence-corrected chi connectivity index (χ4v) is 5.39. The molecule has 1 saturated heterocycles. The van der Waals surface area contributed by atoms with Crippen LogP contribution < -0.4 is 5.32 Å². The van der Waals surface area contributed by atoms with Gasteiger partial charge in [-0.3, -0.25) is 4.79 Å². The van der Waals surface area contributed by atoms with Crippen LogP contribution in [0.2, 0.25) is 0 Å². The highest BCUT2D eigenvalue weighted by atomic mass is 16.2. The minimum atomic E-state index is -0.280. The topological polar surface area (TPSA) is 50.2 Å². The van der Waals surface area contributed by atoms with Crippen molar-refractivity contribution in [3.05, 3.63) is 83.9 Å². The van der Waals surface area contributed by atoms with E-state index in [4.69, 9.17) is 4.98 Å². The number of imidazole rings is 1. The Bertz CT molecular complexity index is 1090. The number of aromatic nitrogens is 2. The molecule has 1 aromatic heterocycles. The first-order chi connectivity index (χ1) is 14.7. The van der Waals surface area contributed by atoms with E-state index in [-0.39, 0.29) is 11.0 Å². The minimum Gasteiger partial charge on any atom is -0.342 e. The molecular formula is C25H26N4O. The monoisotopic (exact) mass is 398 g/mol. The SMILES string of the molecule is O=C(N1CCC2(CC1)NCc1ccccc1-n1ccnc12)C1(c2ccccc2)CC1. The van der Waals surface area contributed by atoms with E-state index in [0.29, 0.717) is 5.91 Å². The van der Waals surface area contributed by atoms with E-state index in [1.165, 1.54) is 16.8 Å². The van der Waals surface area contributed by atoms with Gasteiger partial charge < -0.3 is 14.8 Å². The number of nitrogens with zero attached hydrogens (tertiary/aromatic N) is 3. The molecule has 1 spiro atoms. The van der Waals surface area contributed by atoms with Crippen molar-refractivity contribution >= 4 is 5.91 Å². The van der Waals surface area contributed by atoms with Crippen molar-refractivity contribution in [1.82, 2.24) is 19.8 Å². The minimum absolute atomic E-state index is 0.192. The molecule has 30 heavy (non-hydrogen) atoms. The second-order valence-electron chi connectivity index (χ2n) is 8.93. The molecule has 2 fully saturated rings. The third-order valence-corrected chi connectivity index (χ3v) is 7.33. The highest BCUT2D eigenvalue weighted by Gasteiger charge is 2.54. The molecule has 2 aromatic carbocycles. The predicted molar refractivity (Wildman–Crippen MR) is 115 cm³/mol. The summed E-state index contributed by atoms with van der Waals surface area (Å²) in [6.45, 7) is 2.36. The third-order valence-electron chi connectivity index (χ3n) is 7.33. The van der Waals surface area contributed by atoms with Crippen LogP contribution in [0.3, 0.4) is 0 Å². The quantitative estimate of drug-likeness (QED) is 0.719. The van der Waals surface area contributed by atoms with Gasteiger partial charge >= 0.3 is 0 Å². The van der Waals surface area contributed by atoms with Gasteiger partial charge in [0.25, 0.3) is 0 Å². The van der Waals surface area contributed by atoms with Crippen LogP contribution in [-0.2, 0) is 22.3 Å². The lowest BCUT2D eigenvalue weighted by Gasteiger charge is -2.42. The highest BCUT2D eigenvalue weighted by molar-refractivity contribution is 5.91. The zero-order chi connectivity index (χ0) is 20.2. The molecule has 1 saturated carbocycles. The Morgan fingerprint density at radius 3 is 2.43 bits per heavy atom. The van der Waals surface area contributed by atoms with Crippen molar-refractivity contribution in [3.63, 3.8) is 0 Å². The van der Waals surface area contributed by atoms with Crippen LogP contribution in [0.25, 0.3) is 5.69 Å². The highest BCUT2D eigenvalue weighted by Crippen LogP contribution is 2.50. The van der Waals surface area contributed by atoms with Crippen LogP contribution in [0, 0.1) is 0 Å². The number of carbonyl (C=O) groups excluding carboxylic acids is 1. The van der Waals surface area contributed by atoms with Gasteiger partial charge in [-0.25, -0.2) is 4.98 Å². The molecule has 0 radical (unpaired) electrons. The van der Waals surface area contributed by atoms with Crippen LogP contribution in [-0.4, -0.2) is 33.4 Å². The van der Waals surface area contributed by atoms with Crippen LogP contribution in [0.15, 0.2) is 67.0 Å². The zero-order valence-corrected chi connectivity index (χ0v) is 17.1. The molecule has 0 bridgehead atoms. The van der Waals surface area contributed by atoms with Gasteiger partial charge in [-0.1, -0.05) is 48.5 Å². The number of hydrogen-bond acceptors (Lipinski definition) is 3. The number of carbonyl (C=O) groups is 1. The maximum Gasteiger partial charge on any atom is 0.233 e. The standard InChI is InChI=1S/C25H26N4O/c30-23(24(10-11-24)20-7-2-1-3-8-20)28-15-12-25(13-16-28)22-26-14-17-29(22)21-9-5-4-6-19(21)18-27-25/h1-9,14,17,27H,10-13,15-16,18H2. The molecule has 3 aliphatic rings. The van der Waals surface area contributed by atoms with Gasteiger partial charge in [-0.15, -0.1) is 0 Å². The smallest absolute Gasteiger partial charge is 0.233 e. The number of benzene rings is 2. The van der Waals surface area contributed by atoms with Gasteiger partial charge in [0.2, 0.25) is 5.91 Å². The largest absolute Gasteiger partial charge is 0.342 e. The fourth-order valence-electron chi connectivity index (χ4n) is 5.39. The van der Waals surface area contributed by atoms with Gasteiger partial charge in [0.1, 0.15) is 5.82 Å². The first-order valence-corrected chi connectivity index (χ1v) is 10.9. The molecule has 2 aliphatic heterocycles. The van der Waals surface area contributed by atoms with Crippen LogP contribution >= 0.6 is 0 Å². The Kier molecular flexibility index (Phi) is 3.90. The van der Waals surface area contributed by atoms with E-state index in [1.54, 1.807) is 0 Å². The molecule has 3 heterocycles. The van der Waals surface area contributed by atoms with Gasteiger partial charge in [-0.2, -0.15) is 0 Å². The summed E-state index contributed by atoms with van der Waals surface area (Å²) in [5.41, 5.74) is 3.19. The van der Waals surface area contributed by atoms with E-state index in [2.05, 4.69) is 57.4 Å². The number of hydrogen-bond donors (Lipinski definition) is 1. The molecule has 1 N–H and O–H groups in total. The number of fused-ring (bicyclic) bond motifs is 4. The fraction of sp³-hybridized carbons (Fsp3) is 0.360. The Morgan fingerprint density at radius 2 is 1.67 bits per heavy atom. The summed E-state index contributed by atoms with van der Waals surface area (Å²) in [6.07, 6.45) is 7.66. The van der Waals surface area contributed by atoms with Gasteiger partial charge in [-0.05, 0) is 42.9 Å². The number of likely N-dealkylation sites (tertiary alicyclic amines) is 1. The lowest BCUT2D eigenvalue weighted by molar-refractivity contribution is -0.136. The Hall–Kier alpha value is -2.92. The van der Waals surface area contributed by atoms with Crippen LogP contribution in [0.5, 0.6) is 0 Å². The summed E-state index contributed by atoms with van der Waals surface area (Å²) in [5, 5.41) is 3.82. The van der Waals surface area contributed by atoms with Crippen molar-refractivity contribution in [3.8, 4) is 5.69 Å². The van der Waals surface area contributed by atoms with Crippen LogP contribution in [0.4, 0.5) is 0 Å². The summed E-state index contributed by atoms with van der Waals surface area (Å²) in [6, 6.07) is 18.8. The molecule has 152 valence electrons. The average Bonchev–Trinajstić information content (AvgIpc) is 3.50. The molecule has 0 atom stereocenters. The zero-order valence-electron chi connectivity index (χ0n) is 17.1. The summed E-state index contributed by atoms with van der Waals surface area (Å²) in [7, 11) is 0. The second kappa shape index (κ2) is 6.54. The van der Waals surface area contributed by atoms with E-state index in [1.807, 2.05) is 24.4 Å². The first-order valence-electron chi connectivity index (χ1n) is 10.9. The molecule has 0 unspecified atom stereocenters. The number of rotatable bonds is 2. The summed E-state index contributed by atoms with van der Waals surface area (Å²) in [5.74, 6) is 1.38. The third kappa shape index (κ3) is 2.58. The molecular weight excluding hydrogens is 372 g/mol. The average molecular weight is 399 g/mol. The molecule has 1 amide bonds. The van der Waals surface area contributed by atoms with E-state index in [9.17, 15) is 4.79 Å². The van der Waals surface area contributed by atoms with Gasteiger partial charge in [0, 0.05) is 32.0 Å². The summed E-state index contributed by atoms with van der Waals surface area (Å²) < 4.78 is 2.24. The number of para-hydroxylation sites is 1. The first kappa shape index (κ1) is 17.9. The van der Waals surface area contributed by atoms with E-state index < -0.39 is 0 Å². The lowest BCUT2D eigenvalue weighted by Crippen LogP contribution is -2.54. The molecule has 6 rings (SSSR count). The van der Waals surface area contributed by atoms with E-state index >= 15 is 0 Å². The van der Waals surface area contributed by atoms with Crippen molar-refractivity contribution in [1.29, 1.82) is 0 Å². The normalized spacial score (nSPS) is 20.9. The predicted octanol–water partition coefficient (Wildman–Crippen LogP) is 3.53. The molecule has 3 aromatic rings. The Balaban J connectivity index is 1.26. The Labute approximate surface area is 176 Å². The number of nitrogens with one attached hydrogen (secondary N) is 1. The number of amides is 1. The summed E-state index contributed by atoms with van der Waals surface area (Å²) in [4.78, 5) is 20.3. The molecule has 5 heteroatoms. The van der Waals surface area contributed by atoms with Gasteiger partial charge in [0.15, 0.2) is 0 Å². The van der Waals surface area contributed by atoms with Crippen molar-refractivity contribution in [2.75, 3.05) is 13.1 Å². The molecule has 5 nitrogen and oxygen atoms in total. The Morgan fingerprint density at radius 1 is 0.933 bits per heavy atom. The second-order valence-corrected chi connectivity index (χ2v) is 8.93. The number of piperidine rings is 1. The maximum atomic E-state index is 13.5.